The van der Waals surface area contributed by atoms with Crippen LogP contribution in [-0.2, 0) is 0 Å². The molecule has 6 heavy (non-hydrogen) atoms. The number of rotatable bonds is 1. The molecule has 0 aromatic rings. The van der Waals surface area contributed by atoms with Crippen LogP contribution in [0.1, 0.15) is 6.92 Å². The quantitative estimate of drug-likeness (QED) is 0.612. The van der Waals surface area contributed by atoms with Crippen molar-refractivity contribution >= 4 is 35.3 Å². The van der Waals surface area contributed by atoms with Crippen molar-refractivity contribution in [2.24, 2.45) is 0 Å². The molecule has 39 valence electrons. The zero-order valence-electron chi connectivity index (χ0n) is 3.46. The van der Waals surface area contributed by atoms with Gasteiger partial charge in [-0.1, -0.05) is 0 Å². The largest absolute Gasteiger partial charge is 0.412 e. The Morgan fingerprint density at radius 3 is 1.67 bits per heavy atom. The van der Waals surface area contributed by atoms with Gasteiger partial charge in [-0.15, -0.1) is 0 Å². The molecule has 0 amide bonds. The van der Waals surface area contributed by atoms with Crippen LogP contribution in [0.15, 0.2) is 0 Å². The second kappa shape index (κ2) is 6.34. The first-order valence-corrected chi connectivity index (χ1v) is 10.7. The number of hydrogen-bond acceptors (Lipinski definition) is 0. The fraction of sp³-hybridized carbons (Fsp3) is 1.00. The monoisotopic (exact) mass is 237 g/mol. The molecule has 1 nitrogen and oxygen atoms in total. The van der Waals surface area contributed by atoms with Crippen molar-refractivity contribution in [3.63, 3.8) is 0 Å². The summed E-state index contributed by atoms with van der Waals surface area (Å²) in [4.78, 5) is 0. The van der Waals surface area contributed by atoms with Gasteiger partial charge in [-0.2, -0.15) is 0 Å². The van der Waals surface area contributed by atoms with Gasteiger partial charge < -0.3 is 5.48 Å². The summed E-state index contributed by atoms with van der Waals surface area (Å²) in [6.07, 6.45) is 0. The van der Waals surface area contributed by atoms with Crippen molar-refractivity contribution in [3.8, 4) is 0 Å². The Hall–Kier alpha value is 1.34. The Balaban J connectivity index is 0. The topological polar surface area (TPSA) is 31.5 Å². The maximum absolute atomic E-state index is 5.42. The predicted octanol–water partition coefficient (Wildman–Crippen LogP) is 1.15. The Morgan fingerprint density at radius 2 is 1.67 bits per heavy atom. The van der Waals surface area contributed by atoms with E-state index >= 15 is 0 Å². The van der Waals surface area contributed by atoms with E-state index in [1.807, 2.05) is 6.92 Å². The summed E-state index contributed by atoms with van der Waals surface area (Å²) < 4.78 is 1.03. The van der Waals surface area contributed by atoms with Crippen LogP contribution in [0.5, 0.6) is 0 Å². The van der Waals surface area contributed by atoms with E-state index in [0.29, 0.717) is 0 Å². The van der Waals surface area contributed by atoms with Crippen LogP contribution in [0, 0.1) is 0 Å². The summed E-state index contributed by atoms with van der Waals surface area (Å²) >= 11 is -1.64. The van der Waals surface area contributed by atoms with E-state index in [1.165, 1.54) is 0 Å². The van der Waals surface area contributed by atoms with Crippen LogP contribution < -0.4 is 0 Å². The molecule has 0 atom stereocenters. The molecule has 0 fully saturated rings. The third kappa shape index (κ3) is 9.02. The molecule has 0 aromatic carbocycles. The van der Waals surface area contributed by atoms with Gasteiger partial charge in [0, 0.05) is 0 Å². The fourth-order valence-corrected chi connectivity index (χ4v) is 0. The van der Waals surface area contributed by atoms with Crippen LogP contribution in [0.4, 0.5) is 0 Å². The molecule has 0 aliphatic carbocycles. The van der Waals surface area contributed by atoms with E-state index in [0.717, 1.165) is 4.44 Å². The van der Waals surface area contributed by atoms with Crippen LogP contribution in [-0.4, -0.2) is 23.0 Å². The van der Waals surface area contributed by atoms with E-state index in [4.69, 9.17) is 17.8 Å². The van der Waals surface area contributed by atoms with Crippen molar-refractivity contribution in [3.05, 3.63) is 0 Å². The number of halogens is 2. The predicted molar refractivity (Wildman–Crippen MR) is 31.6 cm³/mol. The first-order valence-electron chi connectivity index (χ1n) is 1.44. The molecular formula is C2H7Cl2OSn. The minimum Gasteiger partial charge on any atom is -0.412 e. The third-order valence-corrected chi connectivity index (χ3v) is 5.38. The molecular weight excluding hydrogens is 230 g/mol. The first kappa shape index (κ1) is 10.3. The summed E-state index contributed by atoms with van der Waals surface area (Å²) in [5.41, 5.74) is 0. The summed E-state index contributed by atoms with van der Waals surface area (Å²) in [5.74, 6) is 0. The minimum atomic E-state index is -1.64. The van der Waals surface area contributed by atoms with Crippen molar-refractivity contribution in [2.45, 2.75) is 11.4 Å². The summed E-state index contributed by atoms with van der Waals surface area (Å²) in [6.45, 7) is 2.02. The molecule has 0 aliphatic heterocycles. The van der Waals surface area contributed by atoms with Crippen LogP contribution in [0.3, 0.4) is 0 Å². The SMILES string of the molecule is C[CH2][Sn]([Cl])[Cl].O. The first-order chi connectivity index (χ1) is 2.27. The van der Waals surface area contributed by atoms with E-state index < -0.39 is 17.5 Å². The van der Waals surface area contributed by atoms with Gasteiger partial charge in [-0.05, 0) is 0 Å². The summed E-state index contributed by atoms with van der Waals surface area (Å²) in [5, 5.41) is 0. The van der Waals surface area contributed by atoms with Crippen LogP contribution >= 0.6 is 17.8 Å². The normalized spacial score (nSPS) is 8.00. The van der Waals surface area contributed by atoms with Gasteiger partial charge in [0.1, 0.15) is 0 Å². The average Bonchev–Trinajstić information content (AvgIpc) is 1.38. The van der Waals surface area contributed by atoms with Crippen LogP contribution in [0.25, 0.3) is 0 Å². The molecule has 0 aliphatic rings. The molecule has 0 aromatic heterocycles. The third-order valence-electron chi connectivity index (χ3n) is 0.267. The Morgan fingerprint density at radius 1 is 1.50 bits per heavy atom. The zero-order valence-corrected chi connectivity index (χ0v) is 7.83. The maximum Gasteiger partial charge on any atom is -0.412 e. The molecule has 2 N–H and O–H groups in total. The number of hydrogen-bond donors (Lipinski definition) is 0. The average molecular weight is 237 g/mol. The standard InChI is InChI=1S/C2H5.2ClH.H2O.Sn/c1-2;;;;/h1H2,2H3;2*1H;1H2;/q;;;;+2/p-2. The van der Waals surface area contributed by atoms with Crippen molar-refractivity contribution in [1.82, 2.24) is 0 Å². The molecule has 0 unspecified atom stereocenters. The molecule has 0 rings (SSSR count). The van der Waals surface area contributed by atoms with Gasteiger partial charge in [0.15, 0.2) is 0 Å². The Kier molecular flexibility index (Phi) is 10.9. The second-order valence-electron chi connectivity index (χ2n) is 0.692. The molecule has 0 saturated carbocycles. The molecule has 0 heterocycles. The van der Waals surface area contributed by atoms with Gasteiger partial charge >= 0.3 is 46.7 Å². The molecule has 0 saturated heterocycles. The smallest absolute Gasteiger partial charge is 0.412 e. The van der Waals surface area contributed by atoms with Gasteiger partial charge in [0.25, 0.3) is 0 Å². The summed E-state index contributed by atoms with van der Waals surface area (Å²) in [6, 6.07) is 0. The van der Waals surface area contributed by atoms with Gasteiger partial charge in [0.05, 0.1) is 0 Å². The molecule has 0 spiro atoms. The van der Waals surface area contributed by atoms with Gasteiger partial charge in [-0.25, -0.2) is 0 Å². The second-order valence-corrected chi connectivity index (χ2v) is 12.1. The minimum absolute atomic E-state index is 0. The van der Waals surface area contributed by atoms with E-state index in [9.17, 15) is 0 Å². The van der Waals surface area contributed by atoms with Crippen molar-refractivity contribution in [1.29, 1.82) is 0 Å². The maximum atomic E-state index is 5.42. The Bertz CT molecular complexity index is 25.5. The molecule has 4 heteroatoms. The molecule has 0 bridgehead atoms. The van der Waals surface area contributed by atoms with E-state index in [2.05, 4.69) is 0 Å². The van der Waals surface area contributed by atoms with Crippen molar-refractivity contribution in [2.75, 3.05) is 0 Å². The van der Waals surface area contributed by atoms with E-state index in [1.54, 1.807) is 0 Å². The Labute approximate surface area is 52.1 Å². The van der Waals surface area contributed by atoms with Gasteiger partial charge in [0.2, 0.25) is 0 Å². The van der Waals surface area contributed by atoms with Crippen molar-refractivity contribution < 1.29 is 5.48 Å². The molecule has 1 radical (unpaired) electrons. The zero-order chi connectivity index (χ0) is 4.28. The van der Waals surface area contributed by atoms with E-state index in [-0.39, 0.29) is 5.48 Å². The van der Waals surface area contributed by atoms with Gasteiger partial charge in [-0.3, -0.25) is 0 Å². The summed E-state index contributed by atoms with van der Waals surface area (Å²) in [7, 11) is 10.8. The fourth-order valence-electron chi connectivity index (χ4n) is 0. The van der Waals surface area contributed by atoms with Crippen LogP contribution in [0.2, 0.25) is 4.44 Å².